The van der Waals surface area contributed by atoms with Crippen LogP contribution in [0.2, 0.25) is 0 Å². The molecule has 5 atom stereocenters. The summed E-state index contributed by atoms with van der Waals surface area (Å²) in [6.07, 6.45) is -6.82. The maximum absolute atomic E-state index is 11.7. The highest BCUT2D eigenvalue weighted by atomic mass is 16.7. The molecule has 1 fully saturated rings. The minimum absolute atomic E-state index is 0.0468. The van der Waals surface area contributed by atoms with E-state index in [0.29, 0.717) is 0 Å². The smallest absolute Gasteiger partial charge is 0.317 e. The topological polar surface area (TPSA) is 183 Å². The lowest BCUT2D eigenvalue weighted by Crippen LogP contribution is -2.60. The number of hydrogen-bond acceptors (Lipinski definition) is 8. The van der Waals surface area contributed by atoms with Crippen LogP contribution in [0, 0.1) is 5.92 Å². The van der Waals surface area contributed by atoms with Gasteiger partial charge in [-0.2, -0.15) is 0 Å². The highest BCUT2D eigenvalue weighted by Gasteiger charge is 2.43. The fraction of sp³-hybridized carbons (Fsp3) is 0.786. The predicted molar refractivity (Wildman–Crippen MR) is 79.3 cm³/mol. The number of carbonyl (C=O) groups is 3. The number of methoxy groups -OCH3 is 1. The Morgan fingerprint density at radius 1 is 1.08 bits per heavy atom. The van der Waals surface area contributed by atoms with Crippen LogP contribution in [0.15, 0.2) is 0 Å². The third-order valence-corrected chi connectivity index (χ3v) is 3.89. The second-order valence-electron chi connectivity index (χ2n) is 5.68. The lowest BCUT2D eigenvalue weighted by Gasteiger charge is -2.39. The van der Waals surface area contributed by atoms with Gasteiger partial charge >= 0.3 is 11.9 Å². The van der Waals surface area contributed by atoms with Crippen molar-refractivity contribution in [2.24, 2.45) is 5.92 Å². The maximum atomic E-state index is 11.7. The Morgan fingerprint density at radius 2 is 1.68 bits per heavy atom. The first-order valence-corrected chi connectivity index (χ1v) is 7.63. The van der Waals surface area contributed by atoms with Crippen LogP contribution in [0.4, 0.5) is 0 Å². The Morgan fingerprint density at radius 3 is 2.20 bits per heavy atom. The van der Waals surface area contributed by atoms with Crippen molar-refractivity contribution in [3.05, 3.63) is 0 Å². The summed E-state index contributed by atoms with van der Waals surface area (Å²) in [6, 6.07) is 0. The summed E-state index contributed by atoms with van der Waals surface area (Å²) in [7, 11) is 1.25. The van der Waals surface area contributed by atoms with Crippen molar-refractivity contribution in [3.63, 3.8) is 0 Å². The van der Waals surface area contributed by atoms with Crippen molar-refractivity contribution in [1.82, 2.24) is 5.32 Å². The highest BCUT2D eigenvalue weighted by Crippen LogP contribution is 2.21. The van der Waals surface area contributed by atoms with E-state index in [2.05, 4.69) is 5.32 Å². The number of aliphatic hydroxyl groups excluding tert-OH is 3. The third kappa shape index (κ3) is 5.90. The van der Waals surface area contributed by atoms with Crippen LogP contribution < -0.4 is 5.32 Å². The van der Waals surface area contributed by atoms with Crippen molar-refractivity contribution < 1.29 is 49.4 Å². The zero-order valence-electron chi connectivity index (χ0n) is 13.6. The zero-order valence-corrected chi connectivity index (χ0v) is 13.6. The van der Waals surface area contributed by atoms with E-state index in [1.165, 1.54) is 7.11 Å². The van der Waals surface area contributed by atoms with Crippen molar-refractivity contribution >= 4 is 17.8 Å². The van der Waals surface area contributed by atoms with Crippen LogP contribution in [0.25, 0.3) is 0 Å². The van der Waals surface area contributed by atoms with Gasteiger partial charge < -0.3 is 40.3 Å². The SMILES string of the molecule is CO[C@H]1O[C@H](CNC(=O)CCCC(C(=O)O)C(=O)O)[C@@H](O)[C@H](O)[C@H]1O. The number of carbonyl (C=O) groups excluding carboxylic acids is 1. The summed E-state index contributed by atoms with van der Waals surface area (Å²) >= 11 is 0. The first kappa shape index (κ1) is 21.3. The molecule has 0 bridgehead atoms. The Hall–Kier alpha value is -1.79. The monoisotopic (exact) mass is 365 g/mol. The molecule has 6 N–H and O–H groups in total. The van der Waals surface area contributed by atoms with Crippen molar-refractivity contribution in [1.29, 1.82) is 0 Å². The molecule has 1 saturated heterocycles. The predicted octanol–water partition coefficient (Wildman–Crippen LogP) is -2.49. The van der Waals surface area contributed by atoms with Gasteiger partial charge in [-0.15, -0.1) is 0 Å². The van der Waals surface area contributed by atoms with Crippen LogP contribution in [-0.4, -0.2) is 87.7 Å². The summed E-state index contributed by atoms with van der Waals surface area (Å²) in [6.45, 7) is -0.176. The van der Waals surface area contributed by atoms with Crippen molar-refractivity contribution in [2.75, 3.05) is 13.7 Å². The van der Waals surface area contributed by atoms with Crippen molar-refractivity contribution in [3.8, 4) is 0 Å². The Kier molecular flexibility index (Phi) is 8.19. The van der Waals surface area contributed by atoms with E-state index < -0.39 is 54.5 Å². The second-order valence-corrected chi connectivity index (χ2v) is 5.68. The fourth-order valence-corrected chi connectivity index (χ4v) is 2.40. The van der Waals surface area contributed by atoms with Gasteiger partial charge in [-0.25, -0.2) is 0 Å². The number of rotatable bonds is 9. The molecule has 11 nitrogen and oxygen atoms in total. The van der Waals surface area contributed by atoms with E-state index in [4.69, 9.17) is 19.7 Å². The number of aliphatic carboxylic acids is 2. The quantitative estimate of drug-likeness (QED) is 0.239. The molecule has 0 radical (unpaired) electrons. The molecule has 144 valence electrons. The summed E-state index contributed by atoms with van der Waals surface area (Å²) < 4.78 is 10.1. The number of hydrogen-bond donors (Lipinski definition) is 6. The van der Waals surface area contributed by atoms with Crippen LogP contribution in [0.1, 0.15) is 19.3 Å². The lowest BCUT2D eigenvalue weighted by atomic mass is 9.98. The summed E-state index contributed by atoms with van der Waals surface area (Å²) in [5.41, 5.74) is 0. The van der Waals surface area contributed by atoms with Crippen LogP contribution in [0.3, 0.4) is 0 Å². The largest absolute Gasteiger partial charge is 0.481 e. The molecule has 1 aliphatic rings. The molecule has 0 aromatic heterocycles. The number of carboxylic acid groups (broad SMARTS) is 2. The molecular formula is C14H23NO10. The normalized spacial score (nSPS) is 29.4. The first-order chi connectivity index (χ1) is 11.7. The lowest BCUT2D eigenvalue weighted by molar-refractivity contribution is -0.288. The van der Waals surface area contributed by atoms with E-state index in [9.17, 15) is 29.7 Å². The molecule has 0 spiro atoms. The first-order valence-electron chi connectivity index (χ1n) is 7.63. The Bertz CT molecular complexity index is 468. The minimum Gasteiger partial charge on any atom is -0.481 e. The molecule has 1 amide bonds. The third-order valence-electron chi connectivity index (χ3n) is 3.89. The van der Waals surface area contributed by atoms with Gasteiger partial charge in [-0.05, 0) is 12.8 Å². The number of amides is 1. The molecule has 1 aliphatic heterocycles. The molecule has 0 saturated carbocycles. The van der Waals surface area contributed by atoms with Gasteiger partial charge in [-0.1, -0.05) is 0 Å². The van der Waals surface area contributed by atoms with Gasteiger partial charge in [0.05, 0.1) is 0 Å². The van der Waals surface area contributed by atoms with Crippen molar-refractivity contribution in [2.45, 2.75) is 50.0 Å². The van der Waals surface area contributed by atoms with E-state index in [-0.39, 0.29) is 25.8 Å². The molecule has 25 heavy (non-hydrogen) atoms. The van der Waals surface area contributed by atoms with Crippen LogP contribution >= 0.6 is 0 Å². The highest BCUT2D eigenvalue weighted by molar-refractivity contribution is 5.92. The molecule has 0 unspecified atom stereocenters. The average Bonchev–Trinajstić information content (AvgIpc) is 2.55. The summed E-state index contributed by atoms with van der Waals surface area (Å²) in [5, 5.41) is 49.0. The molecule has 0 aromatic rings. The van der Waals surface area contributed by atoms with Gasteiger partial charge in [0, 0.05) is 20.1 Å². The van der Waals surface area contributed by atoms with Crippen LogP contribution in [0.5, 0.6) is 0 Å². The summed E-state index contributed by atoms with van der Waals surface area (Å²) in [5.74, 6) is -5.01. The molecule has 0 aromatic carbocycles. The molecular weight excluding hydrogens is 342 g/mol. The molecule has 0 aliphatic carbocycles. The maximum Gasteiger partial charge on any atom is 0.317 e. The fourth-order valence-electron chi connectivity index (χ4n) is 2.40. The molecule has 11 heteroatoms. The Balaban J connectivity index is 2.40. The second kappa shape index (κ2) is 9.63. The number of ether oxygens (including phenoxy) is 2. The van der Waals surface area contributed by atoms with Crippen LogP contribution in [-0.2, 0) is 23.9 Å². The van der Waals surface area contributed by atoms with Gasteiger partial charge in [-0.3, -0.25) is 14.4 Å². The summed E-state index contributed by atoms with van der Waals surface area (Å²) in [4.78, 5) is 33.2. The number of nitrogens with one attached hydrogen (secondary N) is 1. The van der Waals surface area contributed by atoms with Gasteiger partial charge in [0.25, 0.3) is 0 Å². The van der Waals surface area contributed by atoms with Gasteiger partial charge in [0.15, 0.2) is 12.2 Å². The van der Waals surface area contributed by atoms with E-state index in [0.717, 1.165) is 0 Å². The molecule has 1 heterocycles. The van der Waals surface area contributed by atoms with E-state index in [1.54, 1.807) is 0 Å². The standard InChI is InChI=1S/C14H23NO10/c1-24-14-11(19)10(18)9(17)7(25-14)5-15-8(16)4-2-3-6(12(20)21)13(22)23/h6-7,9-11,14,17-19H,2-5H2,1H3,(H,15,16)(H,20,21)(H,22,23)/t7-,9-,10+,11-,14+/m1/s1. The van der Waals surface area contributed by atoms with E-state index in [1.807, 2.05) is 0 Å². The number of aliphatic hydroxyl groups is 3. The van der Waals surface area contributed by atoms with Gasteiger partial charge in [0.2, 0.25) is 5.91 Å². The van der Waals surface area contributed by atoms with E-state index >= 15 is 0 Å². The zero-order chi connectivity index (χ0) is 19.1. The van der Waals surface area contributed by atoms with Gasteiger partial charge in [0.1, 0.15) is 24.4 Å². The minimum atomic E-state index is -1.57. The Labute approximate surface area is 143 Å². The number of carboxylic acids is 2. The average molecular weight is 365 g/mol. The molecule has 1 rings (SSSR count).